The Kier molecular flexibility index (Phi) is 6.24. The molecule has 0 aromatic carbocycles. The molecule has 0 fully saturated rings. The zero-order valence-electron chi connectivity index (χ0n) is 8.45. The second-order valence-corrected chi connectivity index (χ2v) is 3.07. The van der Waals surface area contributed by atoms with Crippen molar-refractivity contribution in [3.63, 3.8) is 0 Å². The number of carbonyl (C=O) groups is 1. The van der Waals surface area contributed by atoms with Crippen LogP contribution in [0, 0.1) is 5.92 Å². The van der Waals surface area contributed by atoms with Crippen molar-refractivity contribution in [2.75, 3.05) is 6.61 Å². The highest BCUT2D eigenvalue weighted by Gasteiger charge is 2.12. The third-order valence-electron chi connectivity index (χ3n) is 2.14. The SMILES string of the molecule is C=C[C@H](N)C(=O)OCC(CC)CC. The van der Waals surface area contributed by atoms with Gasteiger partial charge < -0.3 is 10.5 Å². The molecule has 0 aliphatic carbocycles. The predicted molar refractivity (Wildman–Crippen MR) is 53.2 cm³/mol. The average molecular weight is 185 g/mol. The van der Waals surface area contributed by atoms with Gasteiger partial charge in [0.05, 0.1) is 6.61 Å². The summed E-state index contributed by atoms with van der Waals surface area (Å²) in [7, 11) is 0. The Morgan fingerprint density at radius 3 is 2.46 bits per heavy atom. The second kappa shape index (κ2) is 6.66. The van der Waals surface area contributed by atoms with E-state index in [0.717, 1.165) is 12.8 Å². The molecule has 0 spiro atoms. The Morgan fingerprint density at radius 1 is 1.54 bits per heavy atom. The fourth-order valence-corrected chi connectivity index (χ4v) is 0.917. The van der Waals surface area contributed by atoms with Crippen molar-refractivity contribution < 1.29 is 9.53 Å². The molecular weight excluding hydrogens is 166 g/mol. The van der Waals surface area contributed by atoms with Crippen molar-refractivity contribution in [2.24, 2.45) is 11.7 Å². The first-order chi connectivity index (χ1) is 6.15. The first-order valence-electron chi connectivity index (χ1n) is 4.70. The standard InChI is InChI=1S/C10H19NO2/c1-4-8(5-2)7-13-10(12)9(11)6-3/h6,8-9H,3-5,7,11H2,1-2H3/t9-/m0/s1. The molecule has 0 aromatic rings. The van der Waals surface area contributed by atoms with Crippen LogP contribution in [0.1, 0.15) is 26.7 Å². The van der Waals surface area contributed by atoms with Crippen molar-refractivity contribution in [3.05, 3.63) is 12.7 Å². The largest absolute Gasteiger partial charge is 0.464 e. The third kappa shape index (κ3) is 4.68. The Morgan fingerprint density at radius 2 is 2.08 bits per heavy atom. The highest BCUT2D eigenvalue weighted by molar-refractivity contribution is 5.77. The van der Waals surface area contributed by atoms with Crippen LogP contribution in [0.2, 0.25) is 0 Å². The smallest absolute Gasteiger partial charge is 0.326 e. The molecule has 0 rings (SSSR count). The Hall–Kier alpha value is -0.830. The van der Waals surface area contributed by atoms with Crippen molar-refractivity contribution in [3.8, 4) is 0 Å². The van der Waals surface area contributed by atoms with Gasteiger partial charge in [0.15, 0.2) is 0 Å². The molecule has 0 aliphatic rings. The summed E-state index contributed by atoms with van der Waals surface area (Å²) in [6.45, 7) is 8.05. The van der Waals surface area contributed by atoms with Crippen LogP contribution in [0.5, 0.6) is 0 Å². The van der Waals surface area contributed by atoms with Gasteiger partial charge in [-0.15, -0.1) is 6.58 Å². The third-order valence-corrected chi connectivity index (χ3v) is 2.14. The molecule has 0 saturated carbocycles. The molecule has 13 heavy (non-hydrogen) atoms. The number of hydrogen-bond acceptors (Lipinski definition) is 3. The molecule has 0 heterocycles. The summed E-state index contributed by atoms with van der Waals surface area (Å²) < 4.78 is 5.00. The lowest BCUT2D eigenvalue weighted by molar-refractivity contribution is -0.145. The van der Waals surface area contributed by atoms with Crippen molar-refractivity contribution in [2.45, 2.75) is 32.7 Å². The molecule has 0 saturated heterocycles. The van der Waals surface area contributed by atoms with Gasteiger partial charge in [-0.25, -0.2) is 0 Å². The van der Waals surface area contributed by atoms with Crippen LogP contribution in [-0.2, 0) is 9.53 Å². The Labute approximate surface area is 79.9 Å². The van der Waals surface area contributed by atoms with Gasteiger partial charge in [-0.2, -0.15) is 0 Å². The number of carbonyl (C=O) groups excluding carboxylic acids is 1. The van der Waals surface area contributed by atoms with Crippen LogP contribution in [-0.4, -0.2) is 18.6 Å². The maximum atomic E-state index is 11.1. The topological polar surface area (TPSA) is 52.3 Å². The summed E-state index contributed by atoms with van der Waals surface area (Å²) >= 11 is 0. The minimum atomic E-state index is -0.686. The Bertz CT molecular complexity index is 164. The number of nitrogens with two attached hydrogens (primary N) is 1. The molecule has 3 nitrogen and oxygen atoms in total. The van der Waals surface area contributed by atoms with E-state index >= 15 is 0 Å². The molecule has 0 bridgehead atoms. The summed E-state index contributed by atoms with van der Waals surface area (Å²) in [5, 5.41) is 0. The fraction of sp³-hybridized carbons (Fsp3) is 0.700. The zero-order valence-corrected chi connectivity index (χ0v) is 8.45. The summed E-state index contributed by atoms with van der Waals surface area (Å²) in [6.07, 6.45) is 3.43. The van der Waals surface area contributed by atoms with E-state index in [9.17, 15) is 4.79 Å². The van der Waals surface area contributed by atoms with Crippen molar-refractivity contribution in [1.29, 1.82) is 0 Å². The van der Waals surface area contributed by atoms with Crippen molar-refractivity contribution >= 4 is 5.97 Å². The highest BCUT2D eigenvalue weighted by atomic mass is 16.5. The molecule has 76 valence electrons. The van der Waals surface area contributed by atoms with E-state index in [1.54, 1.807) is 0 Å². The minimum absolute atomic E-state index is 0.387. The van der Waals surface area contributed by atoms with Gasteiger partial charge in [-0.05, 0) is 5.92 Å². The van der Waals surface area contributed by atoms with Gasteiger partial charge in [-0.1, -0.05) is 32.8 Å². The molecule has 1 atom stereocenters. The van der Waals surface area contributed by atoms with Gasteiger partial charge in [0.25, 0.3) is 0 Å². The fourth-order valence-electron chi connectivity index (χ4n) is 0.917. The normalized spacial score (nSPS) is 12.6. The van der Waals surface area contributed by atoms with E-state index in [4.69, 9.17) is 10.5 Å². The zero-order chi connectivity index (χ0) is 10.3. The predicted octanol–water partition coefficient (Wildman–Crippen LogP) is 1.48. The van der Waals surface area contributed by atoms with E-state index in [0.29, 0.717) is 12.5 Å². The van der Waals surface area contributed by atoms with E-state index < -0.39 is 6.04 Å². The first-order valence-corrected chi connectivity index (χ1v) is 4.70. The molecule has 2 N–H and O–H groups in total. The maximum Gasteiger partial charge on any atom is 0.326 e. The molecular formula is C10H19NO2. The highest BCUT2D eigenvalue weighted by Crippen LogP contribution is 2.07. The van der Waals surface area contributed by atoms with Gasteiger partial charge >= 0.3 is 5.97 Å². The number of ether oxygens (including phenoxy) is 1. The van der Waals surface area contributed by atoms with E-state index in [1.165, 1.54) is 6.08 Å². The minimum Gasteiger partial charge on any atom is -0.464 e. The lowest BCUT2D eigenvalue weighted by atomic mass is 10.1. The summed E-state index contributed by atoms with van der Waals surface area (Å²) in [5.74, 6) is 0.0582. The summed E-state index contributed by atoms with van der Waals surface area (Å²) in [5.41, 5.74) is 5.39. The average Bonchev–Trinajstić information content (AvgIpc) is 2.17. The molecule has 0 aliphatic heterocycles. The summed E-state index contributed by atoms with van der Waals surface area (Å²) in [4.78, 5) is 11.1. The molecule has 0 amide bonds. The quantitative estimate of drug-likeness (QED) is 0.503. The molecule has 3 heteroatoms. The maximum absolute atomic E-state index is 11.1. The molecule has 0 radical (unpaired) electrons. The lowest BCUT2D eigenvalue weighted by Crippen LogP contribution is -2.31. The van der Waals surface area contributed by atoms with Crippen LogP contribution < -0.4 is 5.73 Å². The van der Waals surface area contributed by atoms with Crippen LogP contribution in [0.3, 0.4) is 0 Å². The van der Waals surface area contributed by atoms with Crippen LogP contribution in [0.25, 0.3) is 0 Å². The van der Waals surface area contributed by atoms with Gasteiger partial charge in [-0.3, -0.25) is 4.79 Å². The molecule has 0 aromatic heterocycles. The number of esters is 1. The molecule has 0 unspecified atom stereocenters. The van der Waals surface area contributed by atoms with Gasteiger partial charge in [0.2, 0.25) is 0 Å². The summed E-state index contributed by atoms with van der Waals surface area (Å²) in [6, 6.07) is -0.686. The second-order valence-electron chi connectivity index (χ2n) is 3.07. The van der Waals surface area contributed by atoms with Gasteiger partial charge in [0.1, 0.15) is 6.04 Å². The van der Waals surface area contributed by atoms with Crippen LogP contribution in [0.4, 0.5) is 0 Å². The van der Waals surface area contributed by atoms with Gasteiger partial charge in [0, 0.05) is 0 Å². The van der Waals surface area contributed by atoms with E-state index in [-0.39, 0.29) is 5.97 Å². The lowest BCUT2D eigenvalue weighted by Gasteiger charge is -2.13. The van der Waals surface area contributed by atoms with E-state index in [1.807, 2.05) is 0 Å². The number of hydrogen-bond donors (Lipinski definition) is 1. The monoisotopic (exact) mass is 185 g/mol. The van der Waals surface area contributed by atoms with Crippen LogP contribution >= 0.6 is 0 Å². The first kappa shape index (κ1) is 12.2. The van der Waals surface area contributed by atoms with Crippen molar-refractivity contribution in [1.82, 2.24) is 0 Å². The van der Waals surface area contributed by atoms with Crippen LogP contribution in [0.15, 0.2) is 12.7 Å². The van der Waals surface area contributed by atoms with E-state index in [2.05, 4.69) is 20.4 Å². The number of rotatable bonds is 6. The Balaban J connectivity index is 3.74.